The number of hydrogen-bond donors (Lipinski definition) is 0. The van der Waals surface area contributed by atoms with Crippen LogP contribution in [0.4, 0.5) is 5.13 Å². The first-order valence-electron chi connectivity index (χ1n) is 8.97. The molecular weight excluding hydrogens is 360 g/mol. The van der Waals surface area contributed by atoms with Crippen LogP contribution in [0.2, 0.25) is 0 Å². The summed E-state index contributed by atoms with van der Waals surface area (Å²) in [4.78, 5) is 31.0. The molecule has 3 aromatic rings. The first-order valence-corrected chi connectivity index (χ1v) is 9.85. The molecule has 7 heteroatoms. The van der Waals surface area contributed by atoms with Crippen molar-refractivity contribution in [1.29, 1.82) is 0 Å². The first kappa shape index (κ1) is 19.0. The van der Waals surface area contributed by atoms with E-state index in [1.165, 1.54) is 35.2 Å². The normalized spacial score (nSPS) is 10.7. The number of aromatic nitrogens is 3. The Morgan fingerprint density at radius 1 is 1.15 bits per heavy atom. The summed E-state index contributed by atoms with van der Waals surface area (Å²) in [5.41, 5.74) is 1.85. The fraction of sp³-hybridized carbons (Fsp3) is 0.300. The number of benzene rings is 1. The fourth-order valence-electron chi connectivity index (χ4n) is 2.69. The van der Waals surface area contributed by atoms with Gasteiger partial charge in [-0.25, -0.2) is 9.67 Å². The Morgan fingerprint density at radius 3 is 2.63 bits per heavy atom. The van der Waals surface area contributed by atoms with E-state index in [1.807, 2.05) is 35.7 Å². The van der Waals surface area contributed by atoms with Gasteiger partial charge >= 0.3 is 0 Å². The van der Waals surface area contributed by atoms with Crippen LogP contribution in [0.1, 0.15) is 36.7 Å². The number of hydrogen-bond acceptors (Lipinski definition) is 5. The summed E-state index contributed by atoms with van der Waals surface area (Å²) in [7, 11) is 1.54. The third-order valence-electron chi connectivity index (χ3n) is 4.20. The van der Waals surface area contributed by atoms with Crippen molar-refractivity contribution in [3.8, 4) is 11.3 Å². The van der Waals surface area contributed by atoms with Crippen LogP contribution in [0.3, 0.4) is 0 Å². The highest BCUT2D eigenvalue weighted by Crippen LogP contribution is 2.28. The molecule has 0 saturated carbocycles. The van der Waals surface area contributed by atoms with Gasteiger partial charge in [0.1, 0.15) is 5.69 Å². The maximum Gasteiger partial charge on any atom is 0.280 e. The number of nitrogens with zero attached hydrogens (tertiary/aromatic N) is 4. The number of unbranched alkanes of at least 4 members (excludes halogenated alkanes) is 2. The second-order valence-corrected chi connectivity index (χ2v) is 7.06. The summed E-state index contributed by atoms with van der Waals surface area (Å²) in [6, 6.07) is 12.7. The second kappa shape index (κ2) is 8.73. The molecule has 0 bridgehead atoms. The smallest absolute Gasteiger partial charge is 0.280 e. The number of rotatable bonds is 7. The summed E-state index contributed by atoms with van der Waals surface area (Å²) < 4.78 is 1.18. The maximum absolute atomic E-state index is 13.1. The van der Waals surface area contributed by atoms with E-state index in [4.69, 9.17) is 0 Å². The van der Waals surface area contributed by atoms with Crippen LogP contribution in [0.25, 0.3) is 11.3 Å². The first-order chi connectivity index (χ1) is 13.1. The monoisotopic (exact) mass is 382 g/mol. The van der Waals surface area contributed by atoms with Crippen molar-refractivity contribution >= 4 is 22.4 Å². The van der Waals surface area contributed by atoms with Gasteiger partial charge in [-0.2, -0.15) is 5.10 Å². The molecule has 1 aromatic carbocycles. The van der Waals surface area contributed by atoms with Gasteiger partial charge in [-0.3, -0.25) is 14.5 Å². The summed E-state index contributed by atoms with van der Waals surface area (Å²) in [5.74, 6) is -0.240. The van der Waals surface area contributed by atoms with Crippen molar-refractivity contribution in [1.82, 2.24) is 14.8 Å². The summed E-state index contributed by atoms with van der Waals surface area (Å²) in [6.45, 7) is 2.69. The van der Waals surface area contributed by atoms with Crippen molar-refractivity contribution in [3.05, 3.63) is 63.9 Å². The maximum atomic E-state index is 13.1. The minimum atomic E-state index is -0.246. The van der Waals surface area contributed by atoms with E-state index in [0.717, 1.165) is 30.5 Å². The van der Waals surface area contributed by atoms with Gasteiger partial charge in [-0.05, 0) is 12.5 Å². The van der Waals surface area contributed by atoms with Gasteiger partial charge in [0.15, 0.2) is 5.13 Å². The average molecular weight is 382 g/mol. The zero-order valence-electron chi connectivity index (χ0n) is 15.5. The van der Waals surface area contributed by atoms with E-state index in [1.54, 1.807) is 4.90 Å². The molecule has 3 rings (SSSR count). The molecule has 0 aliphatic carbocycles. The number of thiazole rings is 1. The highest BCUT2D eigenvalue weighted by molar-refractivity contribution is 7.14. The molecule has 2 heterocycles. The summed E-state index contributed by atoms with van der Waals surface area (Å²) in [5, 5.41) is 6.70. The third-order valence-corrected chi connectivity index (χ3v) is 5.07. The fourth-order valence-corrected chi connectivity index (χ4v) is 3.55. The van der Waals surface area contributed by atoms with Crippen molar-refractivity contribution in [3.63, 3.8) is 0 Å². The lowest BCUT2D eigenvalue weighted by atomic mass is 10.2. The van der Waals surface area contributed by atoms with E-state index in [9.17, 15) is 9.59 Å². The van der Waals surface area contributed by atoms with Gasteiger partial charge in [0.2, 0.25) is 0 Å². The van der Waals surface area contributed by atoms with Crippen LogP contribution in [0.5, 0.6) is 0 Å². The molecule has 2 aromatic heterocycles. The van der Waals surface area contributed by atoms with E-state index in [0.29, 0.717) is 11.7 Å². The quantitative estimate of drug-likeness (QED) is 0.584. The lowest BCUT2D eigenvalue weighted by Gasteiger charge is -2.19. The molecule has 0 fully saturated rings. The minimum absolute atomic E-state index is 0.240. The predicted octanol–water partition coefficient (Wildman–Crippen LogP) is 3.74. The Bertz CT molecular complexity index is 965. The molecular formula is C20H22N4O2S. The zero-order valence-corrected chi connectivity index (χ0v) is 16.3. The number of carbonyl (C=O) groups excluding carboxylic acids is 1. The number of anilines is 1. The van der Waals surface area contributed by atoms with Gasteiger partial charge in [0.05, 0.1) is 5.69 Å². The van der Waals surface area contributed by atoms with E-state index in [-0.39, 0.29) is 17.2 Å². The Morgan fingerprint density at radius 2 is 1.93 bits per heavy atom. The van der Waals surface area contributed by atoms with E-state index < -0.39 is 0 Å². The highest BCUT2D eigenvalue weighted by atomic mass is 32.1. The number of amides is 1. The molecule has 0 N–H and O–H groups in total. The van der Waals surface area contributed by atoms with Crippen molar-refractivity contribution in [2.75, 3.05) is 11.4 Å². The Balaban J connectivity index is 1.91. The summed E-state index contributed by atoms with van der Waals surface area (Å²) in [6.07, 6.45) is 2.98. The van der Waals surface area contributed by atoms with Crippen molar-refractivity contribution < 1.29 is 4.79 Å². The summed E-state index contributed by atoms with van der Waals surface area (Å²) >= 11 is 1.44. The van der Waals surface area contributed by atoms with Crippen LogP contribution in [-0.4, -0.2) is 27.2 Å². The minimum Gasteiger partial charge on any atom is -0.283 e. The van der Waals surface area contributed by atoms with Gasteiger partial charge in [-0.15, -0.1) is 11.3 Å². The van der Waals surface area contributed by atoms with Crippen molar-refractivity contribution in [2.24, 2.45) is 7.05 Å². The lowest BCUT2D eigenvalue weighted by Crippen LogP contribution is -2.34. The van der Waals surface area contributed by atoms with E-state index in [2.05, 4.69) is 17.0 Å². The molecule has 0 saturated heterocycles. The lowest BCUT2D eigenvalue weighted by molar-refractivity contribution is 0.0979. The molecule has 0 aliphatic heterocycles. The standard InChI is InChI=1S/C20H22N4O2S/c1-3-4-8-13-24(19(26)16-11-12-18(25)23(2)22-16)20-21-17(14-27-20)15-9-6-5-7-10-15/h5-7,9-12,14H,3-4,8,13H2,1-2H3. The molecule has 1 amide bonds. The average Bonchev–Trinajstić information content (AvgIpc) is 3.17. The SMILES string of the molecule is CCCCCN(C(=O)c1ccc(=O)n(C)n1)c1nc(-c2ccccc2)cs1. The Hall–Kier alpha value is -2.80. The third kappa shape index (κ3) is 4.49. The molecule has 0 aliphatic rings. The van der Waals surface area contributed by atoms with Gasteiger partial charge in [-0.1, -0.05) is 50.1 Å². The van der Waals surface area contributed by atoms with Gasteiger partial charge in [0, 0.05) is 30.6 Å². The van der Waals surface area contributed by atoms with Crippen LogP contribution in [0, 0.1) is 0 Å². The Labute approximate surface area is 162 Å². The van der Waals surface area contributed by atoms with Crippen LogP contribution in [0.15, 0.2) is 52.6 Å². The molecule has 0 radical (unpaired) electrons. The molecule has 0 spiro atoms. The Kier molecular flexibility index (Phi) is 6.13. The molecule has 0 unspecified atom stereocenters. The molecule has 0 atom stereocenters. The number of aryl methyl sites for hydroxylation is 1. The van der Waals surface area contributed by atoms with Gasteiger partial charge in [0.25, 0.3) is 11.5 Å². The van der Waals surface area contributed by atoms with E-state index >= 15 is 0 Å². The topological polar surface area (TPSA) is 68.1 Å². The molecule has 140 valence electrons. The largest absolute Gasteiger partial charge is 0.283 e. The van der Waals surface area contributed by atoms with Crippen LogP contribution < -0.4 is 10.5 Å². The van der Waals surface area contributed by atoms with Crippen molar-refractivity contribution in [2.45, 2.75) is 26.2 Å². The highest BCUT2D eigenvalue weighted by Gasteiger charge is 2.22. The van der Waals surface area contributed by atoms with Crippen LogP contribution >= 0.6 is 11.3 Å². The molecule has 6 nitrogen and oxygen atoms in total. The zero-order chi connectivity index (χ0) is 19.2. The van der Waals surface area contributed by atoms with Crippen LogP contribution in [-0.2, 0) is 7.05 Å². The number of carbonyl (C=O) groups is 1. The predicted molar refractivity (Wildman–Crippen MR) is 108 cm³/mol. The second-order valence-electron chi connectivity index (χ2n) is 6.23. The van der Waals surface area contributed by atoms with Gasteiger partial charge < -0.3 is 0 Å². The molecule has 27 heavy (non-hydrogen) atoms.